The van der Waals surface area contributed by atoms with Gasteiger partial charge >= 0.3 is 79.8 Å². The topological polar surface area (TPSA) is 3.24 Å². The second kappa shape index (κ2) is 7.48. The van der Waals surface area contributed by atoms with Gasteiger partial charge in [-0.2, -0.15) is 0 Å². The monoisotopic (exact) mass is 259 g/mol. The molecule has 0 aromatic heterocycles. The summed E-state index contributed by atoms with van der Waals surface area (Å²) in [5, 5.41) is 0. The van der Waals surface area contributed by atoms with Crippen LogP contribution in [-0.2, 0) is 0 Å². The van der Waals surface area contributed by atoms with Crippen molar-refractivity contribution in [1.82, 2.24) is 4.90 Å². The summed E-state index contributed by atoms with van der Waals surface area (Å²) in [6.45, 7) is 7.12. The van der Waals surface area contributed by atoms with Crippen molar-refractivity contribution >= 4 is 21.4 Å². The summed E-state index contributed by atoms with van der Waals surface area (Å²) < 4.78 is 5.69. The molecule has 2 heteroatoms. The Bertz CT molecular complexity index is 75.6. The molecule has 0 saturated carbocycles. The molecule has 0 atom stereocenters. The van der Waals surface area contributed by atoms with E-state index in [4.69, 9.17) is 0 Å². The average molecular weight is 259 g/mol. The summed E-state index contributed by atoms with van der Waals surface area (Å²) in [7, 11) is 2.21. The van der Waals surface area contributed by atoms with E-state index in [0.717, 1.165) is 0 Å². The third-order valence-corrected chi connectivity index (χ3v) is 10.4. The Morgan fingerprint density at radius 2 is 1.91 bits per heavy atom. The zero-order valence-electron chi connectivity index (χ0n) is 8.56. The van der Waals surface area contributed by atoms with E-state index in [1.807, 2.05) is 0 Å². The molecule has 0 aliphatic heterocycles. The zero-order chi connectivity index (χ0) is 8.69. The second-order valence-corrected chi connectivity index (χ2v) is 13.8. The number of hydrogen-bond acceptors (Lipinski definition) is 1. The second-order valence-electron chi connectivity index (χ2n) is 3.55. The van der Waals surface area contributed by atoms with Gasteiger partial charge in [0, 0.05) is 0 Å². The Balaban J connectivity index is 3.13. The van der Waals surface area contributed by atoms with Crippen molar-refractivity contribution in [3.8, 4) is 0 Å². The van der Waals surface area contributed by atoms with E-state index >= 15 is 0 Å². The standard InChI is InChI=1S/C6H14N.C2H5.CH3.In/c1-4-6-7(3)5-2;1-2;;/h1,4-6H2,2-3H3;1H2,2H3;1H3;. The van der Waals surface area contributed by atoms with Gasteiger partial charge in [-0.25, -0.2) is 0 Å². The SMILES string of the molecule is CCN(C)CC[CH2][In]([CH3])[CH2]C. The minimum absolute atomic E-state index is 0.890. The molecule has 0 saturated heterocycles. The van der Waals surface area contributed by atoms with E-state index in [0.29, 0.717) is 0 Å². The predicted octanol–water partition coefficient (Wildman–Crippen LogP) is 2.47. The van der Waals surface area contributed by atoms with Crippen LogP contribution in [0.15, 0.2) is 0 Å². The molecule has 1 nitrogen and oxygen atoms in total. The first kappa shape index (κ1) is 11.8. The van der Waals surface area contributed by atoms with Crippen molar-refractivity contribution in [1.29, 1.82) is 0 Å². The van der Waals surface area contributed by atoms with Crippen molar-refractivity contribution in [2.45, 2.75) is 33.3 Å². The molecular weight excluding hydrogens is 237 g/mol. The molecule has 0 aromatic carbocycles. The average Bonchev–Trinajstić information content (AvgIpc) is 2.04. The first-order chi connectivity index (χ1) is 5.20. The van der Waals surface area contributed by atoms with Crippen LogP contribution < -0.4 is 0 Å². The normalized spacial score (nSPS) is 10.6. The first-order valence-electron chi connectivity index (χ1n) is 4.89. The molecule has 0 spiro atoms. The van der Waals surface area contributed by atoms with Gasteiger partial charge in [0.05, 0.1) is 0 Å². The maximum atomic E-state index is 2.55. The maximum absolute atomic E-state index is 2.55. The molecule has 0 amide bonds. The molecule has 0 bridgehead atoms. The van der Waals surface area contributed by atoms with Crippen LogP contribution in [0.5, 0.6) is 0 Å². The van der Waals surface area contributed by atoms with Gasteiger partial charge in [0.1, 0.15) is 0 Å². The van der Waals surface area contributed by atoms with Gasteiger partial charge in [0.2, 0.25) is 0 Å². The fourth-order valence-electron chi connectivity index (χ4n) is 1.07. The van der Waals surface area contributed by atoms with Crippen LogP contribution in [0.2, 0.25) is 13.0 Å². The molecule has 0 radical (unpaired) electrons. The van der Waals surface area contributed by atoms with Crippen LogP contribution >= 0.6 is 0 Å². The van der Waals surface area contributed by atoms with E-state index in [1.54, 1.807) is 4.18 Å². The molecule has 0 heterocycles. The quantitative estimate of drug-likeness (QED) is 0.708. The molecule has 0 aliphatic rings. The van der Waals surface area contributed by atoms with Crippen LogP contribution in [0.1, 0.15) is 20.3 Å². The van der Waals surface area contributed by atoms with Crippen LogP contribution in [0, 0.1) is 0 Å². The van der Waals surface area contributed by atoms with Gasteiger partial charge in [0.15, 0.2) is 0 Å². The summed E-state index contributed by atoms with van der Waals surface area (Å²) in [5.74, 6) is 0. The summed E-state index contributed by atoms with van der Waals surface area (Å²) in [5.41, 5.74) is 0. The summed E-state index contributed by atoms with van der Waals surface area (Å²) in [6, 6.07) is 0. The van der Waals surface area contributed by atoms with E-state index in [1.165, 1.54) is 23.7 Å². The van der Waals surface area contributed by atoms with Gasteiger partial charge in [-0.3, -0.25) is 0 Å². The van der Waals surface area contributed by atoms with Crippen LogP contribution in [0.4, 0.5) is 0 Å². The Labute approximate surface area is 79.7 Å². The van der Waals surface area contributed by atoms with Crippen molar-refractivity contribution in [2.24, 2.45) is 0 Å². The zero-order valence-corrected chi connectivity index (χ0v) is 11.9. The third-order valence-electron chi connectivity index (χ3n) is 2.47. The fraction of sp³-hybridized carbons (Fsp3) is 1.00. The Kier molecular flexibility index (Phi) is 8.04. The number of nitrogens with zero attached hydrogens (tertiary/aromatic N) is 1. The molecular formula is C9H22InN. The summed E-state index contributed by atoms with van der Waals surface area (Å²) >= 11 is -0.890. The molecule has 0 rings (SSSR count). The molecule has 0 N–H and O–H groups in total. The van der Waals surface area contributed by atoms with E-state index in [9.17, 15) is 0 Å². The Hall–Kier alpha value is 0.830. The van der Waals surface area contributed by atoms with E-state index in [-0.39, 0.29) is 0 Å². The van der Waals surface area contributed by atoms with Gasteiger partial charge in [-0.15, -0.1) is 0 Å². The molecule has 66 valence electrons. The number of hydrogen-bond donors (Lipinski definition) is 0. The predicted molar refractivity (Wildman–Crippen MR) is 54.7 cm³/mol. The van der Waals surface area contributed by atoms with Crippen molar-refractivity contribution in [3.63, 3.8) is 0 Å². The van der Waals surface area contributed by atoms with Crippen molar-refractivity contribution in [2.75, 3.05) is 20.1 Å². The minimum atomic E-state index is -0.890. The summed E-state index contributed by atoms with van der Waals surface area (Å²) in [6.07, 6.45) is 1.45. The number of rotatable bonds is 6. The molecule has 0 unspecified atom stereocenters. The Morgan fingerprint density at radius 1 is 1.27 bits per heavy atom. The van der Waals surface area contributed by atoms with Gasteiger partial charge < -0.3 is 0 Å². The molecule has 0 fully saturated rings. The van der Waals surface area contributed by atoms with Gasteiger partial charge in [0.25, 0.3) is 0 Å². The van der Waals surface area contributed by atoms with Gasteiger partial charge in [-0.05, 0) is 0 Å². The first-order valence-corrected chi connectivity index (χ1v) is 12.8. The third kappa shape index (κ3) is 7.20. The molecule has 11 heavy (non-hydrogen) atoms. The Morgan fingerprint density at radius 3 is 2.36 bits per heavy atom. The van der Waals surface area contributed by atoms with Crippen molar-refractivity contribution < 1.29 is 0 Å². The fourth-order valence-corrected chi connectivity index (χ4v) is 4.75. The van der Waals surface area contributed by atoms with Crippen molar-refractivity contribution in [3.05, 3.63) is 0 Å². The van der Waals surface area contributed by atoms with Crippen LogP contribution in [-0.4, -0.2) is 46.5 Å². The van der Waals surface area contributed by atoms with E-state index < -0.39 is 21.4 Å². The van der Waals surface area contributed by atoms with Crippen LogP contribution in [0.25, 0.3) is 0 Å². The molecule has 0 aliphatic carbocycles. The molecule has 0 aromatic rings. The van der Waals surface area contributed by atoms with E-state index in [2.05, 4.69) is 30.5 Å². The van der Waals surface area contributed by atoms with Gasteiger partial charge in [-0.1, -0.05) is 0 Å². The van der Waals surface area contributed by atoms with Crippen LogP contribution in [0.3, 0.4) is 0 Å². The summed E-state index contributed by atoms with van der Waals surface area (Å²) in [4.78, 5) is 2.41.